The van der Waals surface area contributed by atoms with Crippen LogP contribution in [0.2, 0.25) is 0 Å². The number of rotatable bonds is 3. The summed E-state index contributed by atoms with van der Waals surface area (Å²) in [6.07, 6.45) is 0. The molecule has 0 N–H and O–H groups in total. The largest absolute Gasteiger partial charge is 0.461 e. The van der Waals surface area contributed by atoms with Gasteiger partial charge >= 0.3 is 5.97 Å². The number of esters is 1. The van der Waals surface area contributed by atoms with Crippen LogP contribution in [-0.2, 0) is 4.74 Å². The van der Waals surface area contributed by atoms with E-state index in [1.54, 1.807) is 6.92 Å². The fourth-order valence-corrected chi connectivity index (χ4v) is 2.03. The van der Waals surface area contributed by atoms with Crippen LogP contribution in [-0.4, -0.2) is 22.8 Å². The van der Waals surface area contributed by atoms with E-state index in [9.17, 15) is 13.6 Å². The van der Waals surface area contributed by atoms with Crippen molar-refractivity contribution in [3.63, 3.8) is 0 Å². The van der Waals surface area contributed by atoms with Gasteiger partial charge in [-0.05, 0) is 19.1 Å². The topological polar surface area (TPSA) is 52.1 Å². The third kappa shape index (κ3) is 2.51. The maximum absolute atomic E-state index is 13.5. The van der Waals surface area contributed by atoms with E-state index in [0.717, 1.165) is 23.5 Å². The lowest BCUT2D eigenvalue weighted by atomic mass is 10.2. The van der Waals surface area contributed by atoms with Crippen LogP contribution in [0.15, 0.2) is 18.2 Å². The van der Waals surface area contributed by atoms with Crippen LogP contribution >= 0.6 is 11.3 Å². The van der Waals surface area contributed by atoms with Gasteiger partial charge in [0.2, 0.25) is 5.01 Å². The minimum Gasteiger partial charge on any atom is -0.461 e. The zero-order valence-corrected chi connectivity index (χ0v) is 10.1. The van der Waals surface area contributed by atoms with Crippen LogP contribution in [0, 0.1) is 11.6 Å². The zero-order valence-electron chi connectivity index (χ0n) is 9.31. The fraction of sp³-hybridized carbons (Fsp3) is 0.182. The molecule has 0 amide bonds. The van der Waals surface area contributed by atoms with Gasteiger partial charge in [-0.2, -0.15) is 0 Å². The van der Waals surface area contributed by atoms with E-state index in [4.69, 9.17) is 4.74 Å². The second-order valence-electron chi connectivity index (χ2n) is 3.26. The molecule has 18 heavy (non-hydrogen) atoms. The highest BCUT2D eigenvalue weighted by Crippen LogP contribution is 2.26. The molecule has 2 rings (SSSR count). The van der Waals surface area contributed by atoms with Crippen LogP contribution in [0.1, 0.15) is 16.7 Å². The van der Waals surface area contributed by atoms with E-state index in [1.807, 2.05) is 0 Å². The first-order valence-electron chi connectivity index (χ1n) is 5.08. The van der Waals surface area contributed by atoms with Crippen molar-refractivity contribution in [3.8, 4) is 10.6 Å². The molecule has 0 spiro atoms. The molecule has 0 saturated heterocycles. The molecule has 4 nitrogen and oxygen atoms in total. The molecule has 0 atom stereocenters. The fourth-order valence-electron chi connectivity index (χ4n) is 1.27. The summed E-state index contributed by atoms with van der Waals surface area (Å²) in [6, 6.07) is 3.12. The molecule has 0 unspecified atom stereocenters. The highest BCUT2D eigenvalue weighted by Gasteiger charge is 2.17. The van der Waals surface area contributed by atoms with Crippen LogP contribution < -0.4 is 0 Å². The molecule has 1 aromatic heterocycles. The lowest BCUT2D eigenvalue weighted by Crippen LogP contribution is -2.03. The Bertz CT molecular complexity index is 586. The van der Waals surface area contributed by atoms with Crippen molar-refractivity contribution < 1.29 is 18.3 Å². The molecular weight excluding hydrogens is 262 g/mol. The number of ether oxygens (including phenoxy) is 1. The Kier molecular flexibility index (Phi) is 3.61. The Morgan fingerprint density at radius 1 is 1.39 bits per heavy atom. The summed E-state index contributed by atoms with van der Waals surface area (Å²) in [5.41, 5.74) is 0.101. The molecule has 1 heterocycles. The first-order chi connectivity index (χ1) is 8.61. The predicted molar refractivity (Wildman–Crippen MR) is 61.2 cm³/mol. The lowest BCUT2D eigenvalue weighted by Gasteiger charge is -1.97. The monoisotopic (exact) mass is 270 g/mol. The normalized spacial score (nSPS) is 10.4. The van der Waals surface area contributed by atoms with Crippen molar-refractivity contribution in [2.24, 2.45) is 0 Å². The summed E-state index contributed by atoms with van der Waals surface area (Å²) in [5, 5.41) is 7.54. The Morgan fingerprint density at radius 2 is 2.17 bits per heavy atom. The smallest absolute Gasteiger partial charge is 0.369 e. The molecule has 94 valence electrons. The minimum absolute atomic E-state index is 0.0376. The van der Waals surface area contributed by atoms with Crippen LogP contribution in [0.25, 0.3) is 10.6 Å². The first kappa shape index (κ1) is 12.6. The van der Waals surface area contributed by atoms with E-state index < -0.39 is 17.6 Å². The van der Waals surface area contributed by atoms with Crippen LogP contribution in [0.5, 0.6) is 0 Å². The Balaban J connectivity index is 2.32. The number of hydrogen-bond acceptors (Lipinski definition) is 5. The van der Waals surface area contributed by atoms with E-state index in [2.05, 4.69) is 10.2 Å². The van der Waals surface area contributed by atoms with Crippen molar-refractivity contribution >= 4 is 17.3 Å². The summed E-state index contributed by atoms with van der Waals surface area (Å²) in [4.78, 5) is 11.4. The van der Waals surface area contributed by atoms with Gasteiger partial charge in [-0.3, -0.25) is 0 Å². The number of hydrogen-bond donors (Lipinski definition) is 0. The zero-order chi connectivity index (χ0) is 13.1. The summed E-state index contributed by atoms with van der Waals surface area (Å²) in [7, 11) is 0. The van der Waals surface area contributed by atoms with Gasteiger partial charge < -0.3 is 4.74 Å². The molecule has 0 aliphatic heterocycles. The standard InChI is InChI=1S/C11H8F2N2O2S/c1-2-17-11(16)10-15-14-9(18-10)7-4-3-6(12)5-8(7)13/h3-5H,2H2,1H3. The van der Waals surface area contributed by atoms with Gasteiger partial charge in [-0.25, -0.2) is 13.6 Å². The number of carbonyl (C=O) groups is 1. The summed E-state index contributed by atoms with van der Waals surface area (Å²) in [5.74, 6) is -2.03. The minimum atomic E-state index is -0.749. The number of nitrogens with zero attached hydrogens (tertiary/aromatic N) is 2. The van der Waals surface area contributed by atoms with Crippen LogP contribution in [0.3, 0.4) is 0 Å². The summed E-state index contributed by atoms with van der Waals surface area (Å²) < 4.78 is 31.0. The summed E-state index contributed by atoms with van der Waals surface area (Å²) >= 11 is 0.895. The van der Waals surface area contributed by atoms with Crippen LogP contribution in [0.4, 0.5) is 8.78 Å². The molecule has 0 saturated carbocycles. The van der Waals surface area contributed by atoms with Gasteiger partial charge in [0.25, 0.3) is 0 Å². The molecule has 0 bridgehead atoms. The quantitative estimate of drug-likeness (QED) is 0.805. The second kappa shape index (κ2) is 5.18. The average Bonchev–Trinajstić information content (AvgIpc) is 2.78. The third-order valence-electron chi connectivity index (χ3n) is 2.04. The van der Waals surface area contributed by atoms with Crippen molar-refractivity contribution in [3.05, 3.63) is 34.8 Å². The molecule has 0 radical (unpaired) electrons. The maximum atomic E-state index is 13.5. The molecule has 0 fully saturated rings. The van der Waals surface area contributed by atoms with E-state index in [1.165, 1.54) is 6.07 Å². The number of halogens is 2. The third-order valence-corrected chi connectivity index (χ3v) is 2.97. The van der Waals surface area contributed by atoms with Crippen molar-refractivity contribution in [2.75, 3.05) is 6.61 Å². The lowest BCUT2D eigenvalue weighted by molar-refractivity contribution is 0.0525. The van der Waals surface area contributed by atoms with Crippen molar-refractivity contribution in [2.45, 2.75) is 6.92 Å². The van der Waals surface area contributed by atoms with Gasteiger partial charge in [-0.1, -0.05) is 11.3 Å². The number of benzene rings is 1. The van der Waals surface area contributed by atoms with Crippen molar-refractivity contribution in [1.29, 1.82) is 0 Å². The molecule has 1 aromatic carbocycles. The highest BCUT2D eigenvalue weighted by molar-refractivity contribution is 7.16. The van der Waals surface area contributed by atoms with Gasteiger partial charge in [-0.15, -0.1) is 10.2 Å². The first-order valence-corrected chi connectivity index (χ1v) is 5.89. The molecule has 2 aromatic rings. The average molecular weight is 270 g/mol. The Hall–Kier alpha value is -1.89. The van der Waals surface area contributed by atoms with Gasteiger partial charge in [0.1, 0.15) is 11.6 Å². The van der Waals surface area contributed by atoms with E-state index in [0.29, 0.717) is 0 Å². The highest BCUT2D eigenvalue weighted by atomic mass is 32.1. The molecule has 0 aliphatic carbocycles. The molecular formula is C11H8F2N2O2S. The predicted octanol–water partition coefficient (Wildman–Crippen LogP) is 2.66. The Labute approximate surface area is 105 Å². The number of carbonyl (C=O) groups excluding carboxylic acids is 1. The van der Waals surface area contributed by atoms with Gasteiger partial charge in [0, 0.05) is 11.6 Å². The van der Waals surface area contributed by atoms with Crippen molar-refractivity contribution in [1.82, 2.24) is 10.2 Å². The SMILES string of the molecule is CCOC(=O)c1nnc(-c2ccc(F)cc2F)s1. The number of aromatic nitrogens is 2. The Morgan fingerprint density at radius 3 is 2.83 bits per heavy atom. The van der Waals surface area contributed by atoms with Gasteiger partial charge in [0.05, 0.1) is 6.61 Å². The molecule has 7 heteroatoms. The second-order valence-corrected chi connectivity index (χ2v) is 4.23. The summed E-state index contributed by atoms with van der Waals surface area (Å²) in [6.45, 7) is 1.89. The maximum Gasteiger partial charge on any atom is 0.369 e. The van der Waals surface area contributed by atoms with E-state index >= 15 is 0 Å². The van der Waals surface area contributed by atoms with Gasteiger partial charge in [0.15, 0.2) is 5.01 Å². The van der Waals surface area contributed by atoms with E-state index in [-0.39, 0.29) is 22.2 Å². The molecule has 0 aliphatic rings.